The molecule has 2 aliphatic rings. The standard InChI is InChI=1S/C34H33NO6S/c36-28-17-8-3-9-18-29-31(28)33(37)32(34(38)41-29)30(24-19-20-24)25-13-10-14-26(21-25)35(22-23-11-4-1-5-12-23)42(39,40)27-15-6-2-7-16-27/h1-2,4-7,10-16,21,24,30,37H,3,8-9,17-20,22H2. The topological polar surface area (TPSA) is 105 Å². The van der Waals surface area contributed by atoms with Gasteiger partial charge in [0.1, 0.15) is 11.5 Å². The van der Waals surface area contributed by atoms with E-state index in [1.54, 1.807) is 48.5 Å². The Morgan fingerprint density at radius 1 is 0.857 bits per heavy atom. The van der Waals surface area contributed by atoms with Gasteiger partial charge >= 0.3 is 5.63 Å². The van der Waals surface area contributed by atoms with Gasteiger partial charge in [-0.3, -0.25) is 9.10 Å². The van der Waals surface area contributed by atoms with Crippen LogP contribution in [0.4, 0.5) is 5.69 Å². The fourth-order valence-corrected chi connectivity index (χ4v) is 7.42. The van der Waals surface area contributed by atoms with Crippen LogP contribution in [0.5, 0.6) is 5.75 Å². The van der Waals surface area contributed by atoms with Gasteiger partial charge in [0.05, 0.1) is 28.3 Å². The number of sulfonamides is 1. The Kier molecular flexibility index (Phi) is 7.73. The smallest absolute Gasteiger partial charge is 0.343 e. The molecule has 42 heavy (non-hydrogen) atoms. The zero-order chi connectivity index (χ0) is 29.3. The van der Waals surface area contributed by atoms with Gasteiger partial charge in [-0.2, -0.15) is 0 Å². The average Bonchev–Trinajstić information content (AvgIpc) is 3.83. The van der Waals surface area contributed by atoms with Gasteiger partial charge in [-0.15, -0.1) is 0 Å². The Hall–Kier alpha value is -4.17. The van der Waals surface area contributed by atoms with Gasteiger partial charge in [0.15, 0.2) is 5.78 Å². The predicted octanol–water partition coefficient (Wildman–Crippen LogP) is 6.58. The van der Waals surface area contributed by atoms with E-state index in [0.717, 1.165) is 37.7 Å². The fraction of sp³-hybridized carbons (Fsp3) is 0.294. The molecule has 6 rings (SSSR count). The van der Waals surface area contributed by atoms with Crippen LogP contribution in [0.15, 0.2) is 99.0 Å². The van der Waals surface area contributed by atoms with Gasteiger partial charge < -0.3 is 9.52 Å². The van der Waals surface area contributed by atoms with Crippen LogP contribution in [0.1, 0.15) is 77.3 Å². The molecule has 0 amide bonds. The molecule has 0 bridgehead atoms. The highest BCUT2D eigenvalue weighted by molar-refractivity contribution is 7.92. The summed E-state index contributed by atoms with van der Waals surface area (Å²) in [4.78, 5) is 26.6. The van der Waals surface area contributed by atoms with Crippen LogP contribution >= 0.6 is 0 Å². The molecule has 216 valence electrons. The molecule has 8 heteroatoms. The number of Topliss-reactive ketones (excluding diaryl/α,β-unsaturated/α-hetero) is 1. The highest BCUT2D eigenvalue weighted by atomic mass is 32.2. The van der Waals surface area contributed by atoms with E-state index in [-0.39, 0.29) is 45.8 Å². The van der Waals surface area contributed by atoms with E-state index in [1.165, 1.54) is 4.31 Å². The van der Waals surface area contributed by atoms with Gasteiger partial charge in [0.2, 0.25) is 0 Å². The van der Waals surface area contributed by atoms with Crippen LogP contribution in [-0.2, 0) is 23.0 Å². The number of aryl methyl sites for hydroxylation is 1. The molecule has 1 aromatic heterocycles. The van der Waals surface area contributed by atoms with Crippen LogP contribution in [0.3, 0.4) is 0 Å². The number of benzene rings is 3. The molecule has 0 spiro atoms. The monoisotopic (exact) mass is 583 g/mol. The lowest BCUT2D eigenvalue weighted by molar-refractivity contribution is 0.0968. The third-order valence-corrected chi connectivity index (χ3v) is 10.0. The van der Waals surface area contributed by atoms with Crippen molar-refractivity contribution in [3.8, 4) is 5.75 Å². The van der Waals surface area contributed by atoms with Crippen molar-refractivity contribution in [1.29, 1.82) is 0 Å². The molecule has 1 atom stereocenters. The molecule has 1 fully saturated rings. The zero-order valence-corrected chi connectivity index (χ0v) is 24.1. The van der Waals surface area contributed by atoms with Crippen LogP contribution in [-0.4, -0.2) is 19.3 Å². The largest absolute Gasteiger partial charge is 0.506 e. The zero-order valence-electron chi connectivity index (χ0n) is 23.2. The third-order valence-electron chi connectivity index (χ3n) is 8.22. The summed E-state index contributed by atoms with van der Waals surface area (Å²) in [7, 11) is -3.95. The fourth-order valence-electron chi connectivity index (χ4n) is 5.95. The van der Waals surface area contributed by atoms with Gasteiger partial charge in [0.25, 0.3) is 10.0 Å². The number of ketones is 1. The van der Waals surface area contributed by atoms with Crippen molar-refractivity contribution in [3.05, 3.63) is 123 Å². The summed E-state index contributed by atoms with van der Waals surface area (Å²) in [6.07, 6.45) is 4.78. The number of carbonyl (C=O) groups excluding carboxylic acids is 1. The van der Waals surface area contributed by atoms with E-state index in [2.05, 4.69) is 0 Å². The minimum absolute atomic E-state index is 0.0593. The van der Waals surface area contributed by atoms with Gasteiger partial charge in [-0.05, 0) is 67.0 Å². The number of hydrogen-bond acceptors (Lipinski definition) is 6. The summed E-state index contributed by atoms with van der Waals surface area (Å²) >= 11 is 0. The third kappa shape index (κ3) is 5.51. The summed E-state index contributed by atoms with van der Waals surface area (Å²) in [6, 6.07) is 24.8. The summed E-state index contributed by atoms with van der Waals surface area (Å²) < 4.78 is 35.1. The Bertz CT molecular complexity index is 1760. The van der Waals surface area contributed by atoms with E-state index >= 15 is 0 Å². The second-order valence-electron chi connectivity index (χ2n) is 11.2. The normalized spacial score (nSPS) is 16.2. The van der Waals surface area contributed by atoms with Crippen LogP contribution in [0, 0.1) is 5.92 Å². The molecule has 7 nitrogen and oxygen atoms in total. The molecular formula is C34H33NO6S. The maximum Gasteiger partial charge on any atom is 0.343 e. The summed E-state index contributed by atoms with van der Waals surface area (Å²) in [5, 5.41) is 11.5. The van der Waals surface area contributed by atoms with Gasteiger partial charge in [-0.1, -0.05) is 67.1 Å². The maximum atomic E-state index is 14.0. The Balaban J connectivity index is 1.47. The lowest BCUT2D eigenvalue weighted by Crippen LogP contribution is -2.30. The lowest BCUT2D eigenvalue weighted by Gasteiger charge is -2.27. The van der Waals surface area contributed by atoms with Crippen LogP contribution in [0.2, 0.25) is 0 Å². The number of fused-ring (bicyclic) bond motifs is 1. The van der Waals surface area contributed by atoms with Crippen molar-refractivity contribution in [2.75, 3.05) is 4.31 Å². The number of rotatable bonds is 8. The number of hydrogen-bond donors (Lipinski definition) is 1. The van der Waals surface area contributed by atoms with Crippen LogP contribution < -0.4 is 9.93 Å². The molecule has 1 saturated carbocycles. The number of carbonyl (C=O) groups is 1. The molecule has 2 aliphatic carbocycles. The van der Waals surface area contributed by atoms with E-state index in [4.69, 9.17) is 4.42 Å². The highest BCUT2D eigenvalue weighted by Gasteiger charge is 2.40. The van der Waals surface area contributed by atoms with Crippen molar-refractivity contribution in [2.45, 2.75) is 62.3 Å². The number of aromatic hydroxyl groups is 1. The Morgan fingerprint density at radius 2 is 1.55 bits per heavy atom. The van der Waals surface area contributed by atoms with E-state index in [0.29, 0.717) is 24.1 Å². The maximum absolute atomic E-state index is 14.0. The molecule has 1 unspecified atom stereocenters. The molecule has 1 N–H and O–H groups in total. The predicted molar refractivity (Wildman–Crippen MR) is 160 cm³/mol. The molecule has 4 aromatic rings. The molecule has 0 saturated heterocycles. The van der Waals surface area contributed by atoms with E-state index in [1.807, 2.05) is 36.4 Å². The second-order valence-corrected chi connectivity index (χ2v) is 13.0. The second kappa shape index (κ2) is 11.6. The summed E-state index contributed by atoms with van der Waals surface area (Å²) in [5.74, 6) is -0.712. The first-order valence-electron chi connectivity index (χ1n) is 14.5. The van der Waals surface area contributed by atoms with Crippen molar-refractivity contribution < 1.29 is 22.7 Å². The minimum Gasteiger partial charge on any atom is -0.506 e. The molecule has 3 aromatic carbocycles. The minimum atomic E-state index is -3.95. The SMILES string of the molecule is O=C1CCCCCc2oc(=O)c(C(c3cccc(N(Cc4ccccc4)S(=O)(=O)c4ccccc4)c3)C3CC3)c(O)c21. The van der Waals surface area contributed by atoms with Gasteiger partial charge in [-0.25, -0.2) is 13.2 Å². The molecule has 0 radical (unpaired) electrons. The van der Waals surface area contributed by atoms with E-state index < -0.39 is 21.6 Å². The van der Waals surface area contributed by atoms with Crippen molar-refractivity contribution in [2.24, 2.45) is 5.92 Å². The number of nitrogens with zero attached hydrogens (tertiary/aromatic N) is 1. The highest BCUT2D eigenvalue weighted by Crippen LogP contribution is 2.49. The molecule has 0 aliphatic heterocycles. The Morgan fingerprint density at radius 3 is 2.26 bits per heavy atom. The van der Waals surface area contributed by atoms with Crippen LogP contribution in [0.25, 0.3) is 0 Å². The first-order chi connectivity index (χ1) is 20.3. The first-order valence-corrected chi connectivity index (χ1v) is 15.9. The summed E-state index contributed by atoms with van der Waals surface area (Å²) in [6.45, 7) is 0.107. The number of anilines is 1. The van der Waals surface area contributed by atoms with Gasteiger partial charge in [0, 0.05) is 18.8 Å². The first kappa shape index (κ1) is 28.0. The quantitative estimate of drug-likeness (QED) is 0.251. The molecular weight excluding hydrogens is 550 g/mol. The van der Waals surface area contributed by atoms with Crippen molar-refractivity contribution in [1.82, 2.24) is 0 Å². The Labute approximate surface area is 245 Å². The van der Waals surface area contributed by atoms with Crippen molar-refractivity contribution in [3.63, 3.8) is 0 Å². The van der Waals surface area contributed by atoms with E-state index in [9.17, 15) is 23.1 Å². The average molecular weight is 584 g/mol. The van der Waals surface area contributed by atoms with Crippen molar-refractivity contribution >= 4 is 21.5 Å². The summed E-state index contributed by atoms with van der Waals surface area (Å²) in [5.41, 5.74) is 1.53. The molecule has 1 heterocycles. The lowest BCUT2D eigenvalue weighted by atomic mass is 9.85.